The lowest BCUT2D eigenvalue weighted by Crippen LogP contribution is -2.41. The molecule has 0 spiro atoms. The number of amides is 1. The largest absolute Gasteiger partial charge is 0.444 e. The van der Waals surface area contributed by atoms with Gasteiger partial charge in [-0.05, 0) is 63.3 Å². The molecule has 0 unspecified atom stereocenters. The Labute approximate surface area is 122 Å². The van der Waals surface area contributed by atoms with Gasteiger partial charge in [0, 0.05) is 10.5 Å². The maximum atomic E-state index is 11.8. The first-order valence-electron chi connectivity index (χ1n) is 6.60. The van der Waals surface area contributed by atoms with Crippen LogP contribution < -0.4 is 5.32 Å². The minimum Gasteiger partial charge on any atom is -0.444 e. The van der Waals surface area contributed by atoms with E-state index in [4.69, 9.17) is 4.74 Å². The zero-order chi connectivity index (χ0) is 14.0. The summed E-state index contributed by atoms with van der Waals surface area (Å²) >= 11 is 3.49. The van der Waals surface area contributed by atoms with Crippen molar-refractivity contribution >= 4 is 22.0 Å². The van der Waals surface area contributed by atoms with Gasteiger partial charge >= 0.3 is 6.09 Å². The minimum absolute atomic E-state index is 0.164. The highest BCUT2D eigenvalue weighted by molar-refractivity contribution is 9.10. The first-order valence-corrected chi connectivity index (χ1v) is 7.39. The van der Waals surface area contributed by atoms with Crippen LogP contribution in [0.4, 0.5) is 4.79 Å². The fraction of sp³-hybridized carbons (Fsp3) is 0.533. The van der Waals surface area contributed by atoms with Crippen LogP contribution in [0, 0.1) is 0 Å². The summed E-state index contributed by atoms with van der Waals surface area (Å²) in [5.74, 6) is 0. The van der Waals surface area contributed by atoms with E-state index in [1.165, 1.54) is 11.1 Å². The third-order valence-electron chi connectivity index (χ3n) is 3.12. The molecule has 1 amide bonds. The average Bonchev–Trinajstić information content (AvgIpc) is 2.25. The fourth-order valence-corrected chi connectivity index (χ4v) is 2.73. The minimum atomic E-state index is -0.445. The van der Waals surface area contributed by atoms with Crippen molar-refractivity contribution in [2.24, 2.45) is 0 Å². The van der Waals surface area contributed by atoms with Gasteiger partial charge in [0.05, 0.1) is 0 Å². The van der Waals surface area contributed by atoms with Crippen molar-refractivity contribution in [2.75, 3.05) is 0 Å². The number of rotatable bonds is 1. The molecule has 0 aliphatic heterocycles. The molecule has 3 nitrogen and oxygen atoms in total. The molecule has 4 heteroatoms. The number of nitrogens with one attached hydrogen (secondary N) is 1. The van der Waals surface area contributed by atoms with Gasteiger partial charge < -0.3 is 10.1 Å². The van der Waals surface area contributed by atoms with Crippen LogP contribution in [-0.4, -0.2) is 17.7 Å². The Morgan fingerprint density at radius 1 is 1.37 bits per heavy atom. The highest BCUT2D eigenvalue weighted by atomic mass is 79.9. The summed E-state index contributed by atoms with van der Waals surface area (Å²) in [5.41, 5.74) is 2.24. The Morgan fingerprint density at radius 2 is 2.11 bits per heavy atom. The quantitative estimate of drug-likeness (QED) is 0.852. The van der Waals surface area contributed by atoms with Crippen molar-refractivity contribution in [3.8, 4) is 0 Å². The molecule has 1 aromatic carbocycles. The number of carbonyl (C=O) groups excluding carboxylic acids is 1. The summed E-state index contributed by atoms with van der Waals surface area (Å²) in [6.45, 7) is 5.62. The summed E-state index contributed by atoms with van der Waals surface area (Å²) in [5, 5.41) is 2.96. The van der Waals surface area contributed by atoms with Crippen LogP contribution in [0.3, 0.4) is 0 Å². The van der Waals surface area contributed by atoms with Gasteiger partial charge in [0.2, 0.25) is 0 Å². The van der Waals surface area contributed by atoms with E-state index in [0.29, 0.717) is 0 Å². The molecule has 104 valence electrons. The first-order chi connectivity index (χ1) is 8.83. The van der Waals surface area contributed by atoms with Crippen LogP contribution in [0.15, 0.2) is 22.7 Å². The van der Waals surface area contributed by atoms with Gasteiger partial charge in [-0.3, -0.25) is 0 Å². The monoisotopic (exact) mass is 325 g/mol. The van der Waals surface area contributed by atoms with Gasteiger partial charge in [0.15, 0.2) is 0 Å². The lowest BCUT2D eigenvalue weighted by atomic mass is 9.88. The summed E-state index contributed by atoms with van der Waals surface area (Å²) in [6.07, 6.45) is 2.52. The lowest BCUT2D eigenvalue weighted by Gasteiger charge is -2.27. The second-order valence-corrected chi connectivity index (χ2v) is 6.91. The van der Waals surface area contributed by atoms with Crippen molar-refractivity contribution in [1.82, 2.24) is 5.32 Å². The topological polar surface area (TPSA) is 38.3 Å². The van der Waals surface area contributed by atoms with Crippen LogP contribution in [-0.2, 0) is 17.6 Å². The van der Waals surface area contributed by atoms with Crippen LogP contribution in [0.2, 0.25) is 0 Å². The third kappa shape index (κ3) is 4.23. The predicted molar refractivity (Wildman–Crippen MR) is 79.3 cm³/mol. The predicted octanol–water partition coefficient (Wildman–Crippen LogP) is 3.83. The second kappa shape index (κ2) is 5.53. The fourth-order valence-electron chi connectivity index (χ4n) is 2.32. The van der Waals surface area contributed by atoms with Crippen molar-refractivity contribution in [3.63, 3.8) is 0 Å². The van der Waals surface area contributed by atoms with Crippen molar-refractivity contribution < 1.29 is 9.53 Å². The number of carbonyl (C=O) groups is 1. The highest BCUT2D eigenvalue weighted by Crippen LogP contribution is 2.25. The number of alkyl carbamates (subject to hydrolysis) is 1. The van der Waals surface area contributed by atoms with Crippen LogP contribution in [0.25, 0.3) is 0 Å². The lowest BCUT2D eigenvalue weighted by molar-refractivity contribution is 0.0500. The molecule has 1 N–H and O–H groups in total. The third-order valence-corrected chi connectivity index (χ3v) is 3.61. The Kier molecular flexibility index (Phi) is 4.19. The number of halogens is 1. The summed E-state index contributed by atoms with van der Waals surface area (Å²) in [6, 6.07) is 6.53. The molecule has 19 heavy (non-hydrogen) atoms. The Balaban J connectivity index is 1.96. The van der Waals surface area contributed by atoms with Crippen molar-refractivity contribution in [2.45, 2.75) is 51.7 Å². The van der Waals surface area contributed by atoms with Gasteiger partial charge in [-0.15, -0.1) is 0 Å². The van der Waals surface area contributed by atoms with E-state index in [2.05, 4.69) is 39.4 Å². The zero-order valence-corrected chi connectivity index (χ0v) is 13.2. The average molecular weight is 326 g/mol. The van der Waals surface area contributed by atoms with Crippen LogP contribution >= 0.6 is 15.9 Å². The molecule has 0 saturated carbocycles. The van der Waals surface area contributed by atoms with E-state index in [1.807, 2.05) is 20.8 Å². The standard InChI is InChI=1S/C15H20BrNO2/c1-15(2,3)19-14(18)17-13-7-5-10-4-6-12(16)8-11(10)9-13/h4,6,8,13H,5,7,9H2,1-3H3,(H,17,18)/t13-/m0/s1. The number of ether oxygens (including phenoxy) is 1. The zero-order valence-electron chi connectivity index (χ0n) is 11.6. The van der Waals surface area contributed by atoms with E-state index >= 15 is 0 Å². The molecular weight excluding hydrogens is 306 g/mol. The van der Waals surface area contributed by atoms with Gasteiger partial charge in [0.25, 0.3) is 0 Å². The SMILES string of the molecule is CC(C)(C)OC(=O)N[C@H]1CCc2ccc(Br)cc2C1. The van der Waals surface area contributed by atoms with Gasteiger partial charge in [-0.2, -0.15) is 0 Å². The molecule has 1 atom stereocenters. The molecule has 0 bridgehead atoms. The smallest absolute Gasteiger partial charge is 0.407 e. The van der Waals surface area contributed by atoms with E-state index < -0.39 is 5.60 Å². The van der Waals surface area contributed by atoms with Gasteiger partial charge in [0.1, 0.15) is 5.60 Å². The first kappa shape index (κ1) is 14.4. The number of aryl methyl sites for hydroxylation is 1. The molecule has 1 aliphatic rings. The molecule has 1 aliphatic carbocycles. The van der Waals surface area contributed by atoms with Gasteiger partial charge in [-0.1, -0.05) is 22.0 Å². The molecule has 1 aromatic rings. The highest BCUT2D eigenvalue weighted by Gasteiger charge is 2.23. The normalized spacial score (nSPS) is 18.6. The number of hydrogen-bond acceptors (Lipinski definition) is 2. The van der Waals surface area contributed by atoms with E-state index in [0.717, 1.165) is 23.7 Å². The summed E-state index contributed by atoms with van der Waals surface area (Å²) < 4.78 is 6.38. The van der Waals surface area contributed by atoms with Gasteiger partial charge in [-0.25, -0.2) is 4.79 Å². The summed E-state index contributed by atoms with van der Waals surface area (Å²) in [4.78, 5) is 11.8. The Bertz CT molecular complexity index is 480. The number of fused-ring (bicyclic) bond motifs is 1. The molecule has 0 radical (unpaired) electrons. The van der Waals surface area contributed by atoms with E-state index in [9.17, 15) is 4.79 Å². The van der Waals surface area contributed by atoms with E-state index in [-0.39, 0.29) is 12.1 Å². The molecule has 0 heterocycles. The molecular formula is C15H20BrNO2. The van der Waals surface area contributed by atoms with Crippen molar-refractivity contribution in [1.29, 1.82) is 0 Å². The second-order valence-electron chi connectivity index (χ2n) is 6.00. The molecule has 0 saturated heterocycles. The Morgan fingerprint density at radius 3 is 2.79 bits per heavy atom. The summed E-state index contributed by atoms with van der Waals surface area (Å²) in [7, 11) is 0. The maximum absolute atomic E-state index is 11.8. The molecule has 2 rings (SSSR count). The van der Waals surface area contributed by atoms with Crippen LogP contribution in [0.5, 0.6) is 0 Å². The maximum Gasteiger partial charge on any atom is 0.407 e. The van der Waals surface area contributed by atoms with Crippen LogP contribution in [0.1, 0.15) is 38.3 Å². The molecule has 0 fully saturated rings. The Hall–Kier alpha value is -1.03. The van der Waals surface area contributed by atoms with E-state index in [1.54, 1.807) is 0 Å². The van der Waals surface area contributed by atoms with Crippen molar-refractivity contribution in [3.05, 3.63) is 33.8 Å². The molecule has 0 aromatic heterocycles. The number of hydrogen-bond donors (Lipinski definition) is 1. The number of benzene rings is 1.